The van der Waals surface area contributed by atoms with Crippen LogP contribution in [0.5, 0.6) is 0 Å². The van der Waals surface area contributed by atoms with Gasteiger partial charge in [0.1, 0.15) is 0 Å². The standard InChI is InChI=1S/C10H12N4O2/c1-16-10(15)9-11-12-13-14(9)7-8-5-3-2-4-6-8/h2-6,12-13H,7H2,1H3. The molecule has 0 unspecified atom stereocenters. The second-order valence-corrected chi connectivity index (χ2v) is 3.22. The van der Waals surface area contributed by atoms with Crippen LogP contribution in [0.1, 0.15) is 5.56 Å². The van der Waals surface area contributed by atoms with Crippen molar-refractivity contribution in [3.05, 3.63) is 35.9 Å². The number of carbonyl (C=O) groups is 1. The van der Waals surface area contributed by atoms with Gasteiger partial charge in [0, 0.05) is 0 Å². The number of ether oxygens (including phenoxy) is 1. The van der Waals surface area contributed by atoms with Crippen LogP contribution in [0.4, 0.5) is 0 Å². The van der Waals surface area contributed by atoms with E-state index in [-0.39, 0.29) is 5.84 Å². The Morgan fingerprint density at radius 1 is 1.44 bits per heavy atom. The number of hydrogen-bond donors (Lipinski definition) is 2. The zero-order valence-electron chi connectivity index (χ0n) is 8.80. The van der Waals surface area contributed by atoms with Gasteiger partial charge in [-0.05, 0) is 5.56 Å². The van der Waals surface area contributed by atoms with Crippen LogP contribution in [-0.4, -0.2) is 23.9 Å². The summed E-state index contributed by atoms with van der Waals surface area (Å²) in [5.74, 6) is -0.264. The minimum absolute atomic E-state index is 0.214. The summed E-state index contributed by atoms with van der Waals surface area (Å²) in [6.45, 7) is 0.530. The van der Waals surface area contributed by atoms with Crippen LogP contribution in [-0.2, 0) is 16.1 Å². The minimum Gasteiger partial charge on any atom is -0.463 e. The summed E-state index contributed by atoms with van der Waals surface area (Å²) in [4.78, 5) is 11.3. The van der Waals surface area contributed by atoms with Crippen LogP contribution in [0.25, 0.3) is 0 Å². The van der Waals surface area contributed by atoms with E-state index >= 15 is 0 Å². The van der Waals surface area contributed by atoms with E-state index in [0.29, 0.717) is 6.54 Å². The lowest BCUT2D eigenvalue weighted by Crippen LogP contribution is -2.43. The van der Waals surface area contributed by atoms with E-state index in [9.17, 15) is 4.79 Å². The minimum atomic E-state index is -0.478. The Morgan fingerprint density at radius 2 is 2.19 bits per heavy atom. The number of nitrogens with one attached hydrogen (secondary N) is 2. The third-order valence-electron chi connectivity index (χ3n) is 2.15. The van der Waals surface area contributed by atoms with Gasteiger partial charge in [-0.25, -0.2) is 10.3 Å². The summed E-state index contributed by atoms with van der Waals surface area (Å²) in [6, 6.07) is 9.75. The monoisotopic (exact) mass is 220 g/mol. The van der Waals surface area contributed by atoms with Crippen molar-refractivity contribution in [2.45, 2.75) is 6.54 Å². The van der Waals surface area contributed by atoms with Gasteiger partial charge in [0.2, 0.25) is 0 Å². The molecule has 0 fully saturated rings. The first kappa shape index (κ1) is 10.4. The van der Waals surface area contributed by atoms with Crippen molar-refractivity contribution in [2.75, 3.05) is 7.11 Å². The van der Waals surface area contributed by atoms with Crippen LogP contribution >= 0.6 is 0 Å². The molecule has 84 valence electrons. The molecule has 6 heteroatoms. The molecule has 0 spiro atoms. The Bertz CT molecular complexity index is 405. The molecule has 0 aromatic heterocycles. The zero-order valence-corrected chi connectivity index (χ0v) is 8.80. The molecular weight excluding hydrogens is 208 g/mol. The Balaban J connectivity index is 2.06. The Kier molecular flexibility index (Phi) is 3.02. The molecule has 0 saturated carbocycles. The van der Waals surface area contributed by atoms with Crippen molar-refractivity contribution in [1.29, 1.82) is 0 Å². The lowest BCUT2D eigenvalue weighted by Gasteiger charge is -2.17. The molecule has 0 bridgehead atoms. The number of esters is 1. The number of nitrogens with zero attached hydrogens (tertiary/aromatic N) is 2. The van der Waals surface area contributed by atoms with Crippen LogP contribution in [0.15, 0.2) is 35.4 Å². The highest BCUT2D eigenvalue weighted by atomic mass is 16.5. The van der Waals surface area contributed by atoms with E-state index in [1.165, 1.54) is 7.11 Å². The second-order valence-electron chi connectivity index (χ2n) is 3.22. The van der Waals surface area contributed by atoms with E-state index < -0.39 is 5.97 Å². The molecule has 6 nitrogen and oxygen atoms in total. The second kappa shape index (κ2) is 4.63. The fourth-order valence-corrected chi connectivity index (χ4v) is 1.38. The predicted octanol–water partition coefficient (Wildman–Crippen LogP) is -0.00210. The highest BCUT2D eigenvalue weighted by Gasteiger charge is 2.24. The van der Waals surface area contributed by atoms with Crippen molar-refractivity contribution in [1.82, 2.24) is 16.1 Å². The Hall–Kier alpha value is -2.08. The first-order valence-electron chi connectivity index (χ1n) is 4.79. The van der Waals surface area contributed by atoms with Crippen LogP contribution < -0.4 is 11.1 Å². The summed E-state index contributed by atoms with van der Waals surface area (Å²) in [6.07, 6.45) is 0. The normalized spacial score (nSPS) is 14.3. The number of benzene rings is 1. The molecule has 0 radical (unpaired) electrons. The summed E-state index contributed by atoms with van der Waals surface area (Å²) < 4.78 is 4.61. The third-order valence-corrected chi connectivity index (χ3v) is 2.15. The number of amidine groups is 1. The molecule has 0 amide bonds. The topological polar surface area (TPSA) is 66.0 Å². The zero-order chi connectivity index (χ0) is 11.4. The molecule has 0 aliphatic carbocycles. The number of rotatable bonds is 3. The van der Waals surface area contributed by atoms with Gasteiger partial charge >= 0.3 is 5.97 Å². The van der Waals surface area contributed by atoms with E-state index in [2.05, 4.69) is 20.9 Å². The molecule has 1 heterocycles. The number of hydrazine groups is 2. The predicted molar refractivity (Wildman–Crippen MR) is 57.7 cm³/mol. The maximum Gasteiger partial charge on any atom is 0.377 e. The van der Waals surface area contributed by atoms with Gasteiger partial charge in [0.15, 0.2) is 0 Å². The van der Waals surface area contributed by atoms with Gasteiger partial charge in [-0.15, -0.1) is 10.6 Å². The summed E-state index contributed by atoms with van der Waals surface area (Å²) in [5, 5.41) is 5.38. The lowest BCUT2D eigenvalue weighted by atomic mass is 10.2. The maximum absolute atomic E-state index is 11.3. The van der Waals surface area contributed by atoms with Crippen molar-refractivity contribution in [3.63, 3.8) is 0 Å². The smallest absolute Gasteiger partial charge is 0.377 e. The quantitative estimate of drug-likeness (QED) is 0.702. The number of carbonyl (C=O) groups excluding carboxylic acids is 1. The van der Waals surface area contributed by atoms with Crippen LogP contribution in [0, 0.1) is 0 Å². The van der Waals surface area contributed by atoms with Gasteiger partial charge in [0.25, 0.3) is 5.84 Å². The van der Waals surface area contributed by atoms with Gasteiger partial charge in [-0.1, -0.05) is 30.3 Å². The maximum atomic E-state index is 11.3. The van der Waals surface area contributed by atoms with Crippen molar-refractivity contribution < 1.29 is 9.53 Å². The van der Waals surface area contributed by atoms with Gasteiger partial charge in [-0.2, -0.15) is 0 Å². The molecule has 2 rings (SSSR count). The highest BCUT2D eigenvalue weighted by molar-refractivity contribution is 6.35. The number of methoxy groups -OCH3 is 1. The highest BCUT2D eigenvalue weighted by Crippen LogP contribution is 2.05. The molecular formula is C10H12N4O2. The molecule has 0 atom stereocenters. The van der Waals surface area contributed by atoms with Gasteiger partial charge in [-0.3, -0.25) is 5.01 Å². The van der Waals surface area contributed by atoms with Gasteiger partial charge < -0.3 is 4.74 Å². The van der Waals surface area contributed by atoms with Crippen LogP contribution in [0.2, 0.25) is 0 Å². The summed E-state index contributed by atoms with van der Waals surface area (Å²) in [5.41, 5.74) is 6.34. The fraction of sp³-hybridized carbons (Fsp3) is 0.200. The third kappa shape index (κ3) is 2.12. The Labute approximate surface area is 92.8 Å². The van der Waals surface area contributed by atoms with E-state index in [1.54, 1.807) is 5.01 Å². The SMILES string of the molecule is COC(=O)C1=NNNN1Cc1ccccc1. The molecule has 1 aromatic carbocycles. The first-order valence-corrected chi connectivity index (χ1v) is 4.79. The molecule has 1 aliphatic heterocycles. The Morgan fingerprint density at radius 3 is 2.88 bits per heavy atom. The number of hydrazone groups is 1. The van der Waals surface area contributed by atoms with Crippen LogP contribution in [0.3, 0.4) is 0 Å². The number of hydrogen-bond acceptors (Lipinski definition) is 6. The van der Waals surface area contributed by atoms with E-state index in [0.717, 1.165) is 5.56 Å². The van der Waals surface area contributed by atoms with Crippen molar-refractivity contribution >= 4 is 11.8 Å². The molecule has 0 saturated heterocycles. The van der Waals surface area contributed by atoms with E-state index in [1.807, 2.05) is 30.3 Å². The van der Waals surface area contributed by atoms with Gasteiger partial charge in [0.05, 0.1) is 13.7 Å². The fourth-order valence-electron chi connectivity index (χ4n) is 1.38. The van der Waals surface area contributed by atoms with Crippen molar-refractivity contribution in [2.24, 2.45) is 5.10 Å². The lowest BCUT2D eigenvalue weighted by molar-refractivity contribution is -0.133. The van der Waals surface area contributed by atoms with E-state index in [4.69, 9.17) is 0 Å². The largest absolute Gasteiger partial charge is 0.463 e. The summed E-state index contributed by atoms with van der Waals surface area (Å²) in [7, 11) is 1.32. The summed E-state index contributed by atoms with van der Waals surface area (Å²) >= 11 is 0. The molecule has 2 N–H and O–H groups in total. The van der Waals surface area contributed by atoms with Crippen molar-refractivity contribution in [3.8, 4) is 0 Å². The molecule has 1 aliphatic rings. The molecule has 1 aromatic rings. The average molecular weight is 220 g/mol. The first-order chi connectivity index (χ1) is 7.81. The average Bonchev–Trinajstić information content (AvgIpc) is 2.77. The molecule has 16 heavy (non-hydrogen) atoms.